The highest BCUT2D eigenvalue weighted by molar-refractivity contribution is 5.94. The van der Waals surface area contributed by atoms with Gasteiger partial charge in [0.25, 0.3) is 5.91 Å². The van der Waals surface area contributed by atoms with Gasteiger partial charge < -0.3 is 19.5 Å². The number of ether oxygens (including phenoxy) is 3. The third-order valence-electron chi connectivity index (χ3n) is 4.00. The van der Waals surface area contributed by atoms with Gasteiger partial charge in [0.2, 0.25) is 5.82 Å². The molecule has 0 atom stereocenters. The lowest BCUT2D eigenvalue weighted by molar-refractivity contribution is -0.118. The van der Waals surface area contributed by atoms with Gasteiger partial charge >= 0.3 is 0 Å². The van der Waals surface area contributed by atoms with Crippen LogP contribution in [0, 0.1) is 0 Å². The van der Waals surface area contributed by atoms with Crippen molar-refractivity contribution in [3.63, 3.8) is 0 Å². The Morgan fingerprint density at radius 3 is 2.40 bits per heavy atom. The molecule has 30 heavy (non-hydrogen) atoms. The van der Waals surface area contributed by atoms with E-state index in [1.165, 1.54) is 0 Å². The molecule has 1 aromatic heterocycles. The highest BCUT2D eigenvalue weighted by Gasteiger charge is 2.18. The number of benzene rings is 2. The van der Waals surface area contributed by atoms with Crippen molar-refractivity contribution >= 4 is 11.7 Å². The number of amides is 1. The maximum Gasteiger partial charge on any atom is 0.263 e. The molecule has 0 saturated carbocycles. The lowest BCUT2D eigenvalue weighted by Gasteiger charge is -2.13. The van der Waals surface area contributed by atoms with E-state index in [0.29, 0.717) is 41.7 Å². The Bertz CT molecular complexity index is 943. The summed E-state index contributed by atoms with van der Waals surface area (Å²) in [6, 6.07) is 14.5. The second-order valence-electron chi connectivity index (χ2n) is 6.47. The maximum absolute atomic E-state index is 12.3. The summed E-state index contributed by atoms with van der Waals surface area (Å²) in [4.78, 5) is 12.3. The first kappa shape index (κ1) is 21.2. The van der Waals surface area contributed by atoms with Crippen LogP contribution in [-0.4, -0.2) is 36.0 Å². The molecular formula is C22H25N3O5. The molecule has 1 N–H and O–H groups in total. The van der Waals surface area contributed by atoms with Gasteiger partial charge in [0.15, 0.2) is 23.8 Å². The number of hydrogen-bond acceptors (Lipinski definition) is 7. The van der Waals surface area contributed by atoms with Gasteiger partial charge in [-0.25, -0.2) is 4.63 Å². The molecule has 0 aliphatic heterocycles. The molecule has 3 aromatic rings. The number of carbonyl (C=O) groups excluding carboxylic acids is 1. The van der Waals surface area contributed by atoms with E-state index >= 15 is 0 Å². The van der Waals surface area contributed by atoms with Crippen LogP contribution in [0.15, 0.2) is 53.2 Å². The molecule has 0 bridgehead atoms. The summed E-state index contributed by atoms with van der Waals surface area (Å²) in [6.45, 7) is 5.06. The average molecular weight is 411 g/mol. The summed E-state index contributed by atoms with van der Waals surface area (Å²) in [5.41, 5.74) is 1.08. The minimum atomic E-state index is -0.374. The van der Waals surface area contributed by atoms with E-state index < -0.39 is 0 Å². The summed E-state index contributed by atoms with van der Waals surface area (Å²) in [5.74, 6) is 1.70. The van der Waals surface area contributed by atoms with Crippen LogP contribution in [-0.2, 0) is 4.79 Å². The van der Waals surface area contributed by atoms with Gasteiger partial charge in [-0.1, -0.05) is 32.0 Å². The van der Waals surface area contributed by atoms with Gasteiger partial charge in [-0.05, 0) is 53.5 Å². The summed E-state index contributed by atoms with van der Waals surface area (Å²) < 4.78 is 21.9. The molecule has 8 nitrogen and oxygen atoms in total. The SMILES string of the molecule is CCCOc1ccc(-c2nonc2NC(=O)COc2ccccc2)cc1OCCC. The Kier molecular flexibility index (Phi) is 7.65. The number of carbonyl (C=O) groups is 1. The van der Waals surface area contributed by atoms with Crippen LogP contribution >= 0.6 is 0 Å². The topological polar surface area (TPSA) is 95.7 Å². The lowest BCUT2D eigenvalue weighted by Crippen LogP contribution is -2.20. The first-order chi connectivity index (χ1) is 14.7. The zero-order valence-electron chi connectivity index (χ0n) is 17.1. The molecule has 0 fully saturated rings. The van der Waals surface area contributed by atoms with E-state index in [-0.39, 0.29) is 18.3 Å². The van der Waals surface area contributed by atoms with Crippen LogP contribution in [0.2, 0.25) is 0 Å². The number of nitrogens with zero attached hydrogens (tertiary/aromatic N) is 2. The van der Waals surface area contributed by atoms with E-state index in [1.807, 2.05) is 44.2 Å². The summed E-state index contributed by atoms with van der Waals surface area (Å²) >= 11 is 0. The Labute approximate surface area is 175 Å². The molecule has 0 radical (unpaired) electrons. The third kappa shape index (κ3) is 5.73. The molecule has 1 amide bonds. The van der Waals surface area contributed by atoms with Crippen molar-refractivity contribution < 1.29 is 23.6 Å². The van der Waals surface area contributed by atoms with Crippen LogP contribution in [0.1, 0.15) is 26.7 Å². The monoisotopic (exact) mass is 411 g/mol. The molecule has 0 aliphatic rings. The number of hydrogen-bond donors (Lipinski definition) is 1. The van der Waals surface area contributed by atoms with Crippen molar-refractivity contribution in [3.8, 4) is 28.5 Å². The zero-order chi connectivity index (χ0) is 21.2. The fraction of sp³-hybridized carbons (Fsp3) is 0.318. The second kappa shape index (κ2) is 10.8. The molecule has 0 aliphatic carbocycles. The van der Waals surface area contributed by atoms with Crippen LogP contribution < -0.4 is 19.5 Å². The van der Waals surface area contributed by atoms with E-state index in [1.54, 1.807) is 18.2 Å². The quantitative estimate of drug-likeness (QED) is 0.502. The number of para-hydroxylation sites is 1. The van der Waals surface area contributed by atoms with E-state index in [4.69, 9.17) is 18.8 Å². The van der Waals surface area contributed by atoms with Gasteiger partial charge in [0, 0.05) is 5.56 Å². The fourth-order valence-electron chi connectivity index (χ4n) is 2.61. The van der Waals surface area contributed by atoms with Gasteiger partial charge in [-0.3, -0.25) is 4.79 Å². The van der Waals surface area contributed by atoms with Crippen molar-refractivity contribution in [2.24, 2.45) is 0 Å². The largest absolute Gasteiger partial charge is 0.490 e. The zero-order valence-corrected chi connectivity index (χ0v) is 17.1. The van der Waals surface area contributed by atoms with Crippen molar-refractivity contribution in [3.05, 3.63) is 48.5 Å². The predicted octanol–water partition coefficient (Wildman–Crippen LogP) is 4.33. The van der Waals surface area contributed by atoms with Crippen LogP contribution in [0.25, 0.3) is 11.3 Å². The molecule has 0 unspecified atom stereocenters. The van der Waals surface area contributed by atoms with Crippen LogP contribution in [0.5, 0.6) is 17.2 Å². The normalized spacial score (nSPS) is 10.5. The molecule has 3 rings (SSSR count). The molecule has 158 valence electrons. The highest BCUT2D eigenvalue weighted by Crippen LogP contribution is 2.34. The molecule has 2 aromatic carbocycles. The standard InChI is InChI=1S/C22H25N3O5/c1-3-12-27-18-11-10-16(14-19(18)28-13-4-2)21-22(25-30-24-21)23-20(26)15-29-17-8-6-5-7-9-17/h5-11,14H,3-4,12-13,15H2,1-2H3,(H,23,25,26). The lowest BCUT2D eigenvalue weighted by atomic mass is 10.1. The van der Waals surface area contributed by atoms with Gasteiger partial charge in [0.1, 0.15) is 5.75 Å². The van der Waals surface area contributed by atoms with Gasteiger partial charge in [-0.15, -0.1) is 0 Å². The highest BCUT2D eigenvalue weighted by atomic mass is 16.6. The van der Waals surface area contributed by atoms with Gasteiger partial charge in [0.05, 0.1) is 13.2 Å². The molecule has 0 saturated heterocycles. The van der Waals surface area contributed by atoms with Crippen molar-refractivity contribution in [1.82, 2.24) is 10.3 Å². The van der Waals surface area contributed by atoms with E-state index in [2.05, 4.69) is 15.6 Å². The number of anilines is 1. The second-order valence-corrected chi connectivity index (χ2v) is 6.47. The van der Waals surface area contributed by atoms with Crippen molar-refractivity contribution in [2.45, 2.75) is 26.7 Å². The average Bonchev–Trinajstić information content (AvgIpc) is 3.23. The Balaban J connectivity index is 1.72. The summed E-state index contributed by atoms with van der Waals surface area (Å²) in [7, 11) is 0. The summed E-state index contributed by atoms with van der Waals surface area (Å²) in [5, 5.41) is 10.4. The van der Waals surface area contributed by atoms with Crippen LogP contribution in [0.3, 0.4) is 0 Å². The molecule has 8 heteroatoms. The number of nitrogens with one attached hydrogen (secondary N) is 1. The van der Waals surface area contributed by atoms with Crippen LogP contribution in [0.4, 0.5) is 5.82 Å². The Morgan fingerprint density at radius 2 is 1.67 bits per heavy atom. The third-order valence-corrected chi connectivity index (χ3v) is 4.00. The van der Waals surface area contributed by atoms with E-state index in [0.717, 1.165) is 12.8 Å². The first-order valence-electron chi connectivity index (χ1n) is 9.91. The number of rotatable bonds is 11. The smallest absolute Gasteiger partial charge is 0.263 e. The molecular weight excluding hydrogens is 386 g/mol. The van der Waals surface area contributed by atoms with Gasteiger partial charge in [-0.2, -0.15) is 0 Å². The molecule has 0 spiro atoms. The first-order valence-corrected chi connectivity index (χ1v) is 9.91. The molecule has 1 heterocycles. The number of aromatic nitrogens is 2. The Morgan fingerprint density at radius 1 is 0.933 bits per heavy atom. The maximum atomic E-state index is 12.3. The van der Waals surface area contributed by atoms with E-state index in [9.17, 15) is 4.79 Å². The Hall–Kier alpha value is -3.55. The minimum Gasteiger partial charge on any atom is -0.490 e. The fourth-order valence-corrected chi connectivity index (χ4v) is 2.61. The minimum absolute atomic E-state index is 0.162. The van der Waals surface area contributed by atoms with Crippen molar-refractivity contribution in [1.29, 1.82) is 0 Å². The van der Waals surface area contributed by atoms with Crippen molar-refractivity contribution in [2.75, 3.05) is 25.1 Å². The summed E-state index contributed by atoms with van der Waals surface area (Å²) in [6.07, 6.45) is 1.76. The predicted molar refractivity (Wildman–Crippen MR) is 112 cm³/mol.